The highest BCUT2D eigenvalue weighted by Gasteiger charge is 2.14. The quantitative estimate of drug-likeness (QED) is 0.158. The number of nitrogens with one attached hydrogen (secondary N) is 2. The van der Waals surface area contributed by atoms with Crippen molar-refractivity contribution in [3.8, 4) is 0 Å². The van der Waals surface area contributed by atoms with Crippen molar-refractivity contribution in [2.45, 2.75) is 80.8 Å². The molecular formula is C26H36N4OS3. The highest BCUT2D eigenvalue weighted by atomic mass is 32.2. The van der Waals surface area contributed by atoms with Crippen LogP contribution >= 0.6 is 35.3 Å². The normalized spacial score (nSPS) is 11.3. The molecule has 0 bridgehead atoms. The molecule has 0 aliphatic rings. The molecule has 0 fully saturated rings. The van der Waals surface area contributed by atoms with E-state index in [-0.39, 0.29) is 5.91 Å². The fourth-order valence-electron chi connectivity index (χ4n) is 3.70. The van der Waals surface area contributed by atoms with E-state index in [1.54, 1.807) is 35.3 Å². The zero-order valence-corrected chi connectivity index (χ0v) is 22.9. The monoisotopic (exact) mass is 516 g/mol. The summed E-state index contributed by atoms with van der Waals surface area (Å²) >= 11 is 5.26. The lowest BCUT2D eigenvalue weighted by molar-refractivity contribution is -0.116. The lowest BCUT2D eigenvalue weighted by Crippen LogP contribution is -2.13. The van der Waals surface area contributed by atoms with Crippen molar-refractivity contribution >= 4 is 57.9 Å². The number of hydrogen-bond donors (Lipinski definition) is 2. The smallest absolute Gasteiger partial charge is 0.224 e. The molecule has 2 aromatic heterocycles. The number of aromatic nitrogens is 3. The average molecular weight is 517 g/mol. The van der Waals surface area contributed by atoms with Gasteiger partial charge in [0.2, 0.25) is 5.91 Å². The highest BCUT2D eigenvalue weighted by molar-refractivity contribution is 8.00. The second-order valence-corrected chi connectivity index (χ2v) is 11.8. The van der Waals surface area contributed by atoms with E-state index in [1.807, 2.05) is 25.1 Å². The fourth-order valence-corrected chi connectivity index (χ4v) is 6.30. The Balaban J connectivity index is 1.30. The Morgan fingerprint density at radius 3 is 2.44 bits per heavy atom. The number of carbonyl (C=O) groups is 1. The molecule has 0 radical (unpaired) electrons. The van der Waals surface area contributed by atoms with Gasteiger partial charge in [-0.3, -0.25) is 4.79 Å². The largest absolute Gasteiger partial charge is 0.333 e. The van der Waals surface area contributed by atoms with Gasteiger partial charge < -0.3 is 10.3 Å². The van der Waals surface area contributed by atoms with Gasteiger partial charge in [-0.15, -0.1) is 23.5 Å². The average Bonchev–Trinajstić information content (AvgIpc) is 3.23. The number of benzene rings is 1. The Hall–Kier alpha value is -1.64. The number of unbranched alkanes of at least 4 members (excludes halogenated alkanes) is 5. The first kappa shape index (κ1) is 27.0. The van der Waals surface area contributed by atoms with Crippen LogP contribution < -0.4 is 5.32 Å². The van der Waals surface area contributed by atoms with Gasteiger partial charge in [-0.05, 0) is 49.5 Å². The zero-order chi connectivity index (χ0) is 24.2. The van der Waals surface area contributed by atoms with E-state index < -0.39 is 0 Å². The number of fused-ring (bicyclic) bond motifs is 1. The molecule has 0 unspecified atom stereocenters. The summed E-state index contributed by atoms with van der Waals surface area (Å²) in [5.41, 5.74) is 4.04. The van der Waals surface area contributed by atoms with Crippen molar-refractivity contribution < 1.29 is 4.79 Å². The third-order valence-electron chi connectivity index (χ3n) is 5.33. The van der Waals surface area contributed by atoms with Gasteiger partial charge in [0.1, 0.15) is 5.03 Å². The number of carbonyl (C=O) groups excluding carboxylic acids is 1. The molecule has 1 amide bonds. The molecule has 8 heteroatoms. The maximum atomic E-state index is 12.6. The van der Waals surface area contributed by atoms with Crippen LogP contribution in [0.1, 0.15) is 64.5 Å². The molecule has 0 atom stereocenters. The number of amides is 1. The van der Waals surface area contributed by atoms with Crippen LogP contribution in [0.4, 0.5) is 5.69 Å². The van der Waals surface area contributed by atoms with Gasteiger partial charge in [-0.2, -0.15) is 0 Å². The number of para-hydroxylation sites is 2. The predicted molar refractivity (Wildman–Crippen MR) is 150 cm³/mol. The third kappa shape index (κ3) is 8.54. The maximum absolute atomic E-state index is 12.6. The van der Waals surface area contributed by atoms with Crippen molar-refractivity contribution in [3.05, 3.63) is 36.0 Å². The molecule has 2 N–H and O–H groups in total. The molecule has 0 saturated heterocycles. The lowest BCUT2D eigenvalue weighted by atomic mass is 10.1. The van der Waals surface area contributed by atoms with Crippen molar-refractivity contribution in [2.24, 2.45) is 0 Å². The standard InChI is InChI=1S/C26H36N4OS3/c1-4-32-22-18-19(3)27-25(33-5-2)24(22)30-23(31)16-10-8-6-7-9-13-17-34-26-28-20-14-11-12-15-21(20)29-26/h11-12,14-15,18H,4-10,13,16-17H2,1-3H3,(H,28,29)(H,30,31). The summed E-state index contributed by atoms with van der Waals surface area (Å²) < 4.78 is 0. The minimum absolute atomic E-state index is 0.101. The summed E-state index contributed by atoms with van der Waals surface area (Å²) in [4.78, 5) is 26.4. The Morgan fingerprint density at radius 2 is 1.68 bits per heavy atom. The van der Waals surface area contributed by atoms with Crippen LogP contribution in [-0.4, -0.2) is 38.1 Å². The number of aromatic amines is 1. The number of nitrogens with zero attached hydrogens (tertiary/aromatic N) is 2. The van der Waals surface area contributed by atoms with Crippen LogP contribution in [0.25, 0.3) is 11.0 Å². The lowest BCUT2D eigenvalue weighted by Gasteiger charge is -2.15. The van der Waals surface area contributed by atoms with E-state index in [0.717, 1.165) is 67.6 Å². The molecule has 0 aliphatic heterocycles. The number of imidazole rings is 1. The Bertz CT molecular complexity index is 993. The fraction of sp³-hybridized carbons (Fsp3) is 0.500. The van der Waals surface area contributed by atoms with Crippen LogP contribution in [-0.2, 0) is 4.79 Å². The number of rotatable bonds is 15. The number of H-pyrrole nitrogens is 1. The van der Waals surface area contributed by atoms with Gasteiger partial charge in [-0.25, -0.2) is 9.97 Å². The van der Waals surface area contributed by atoms with Gasteiger partial charge in [0.05, 0.1) is 16.7 Å². The molecule has 0 spiro atoms. The van der Waals surface area contributed by atoms with Gasteiger partial charge in [0.15, 0.2) is 5.16 Å². The predicted octanol–water partition coefficient (Wildman–Crippen LogP) is 7.95. The molecular weight excluding hydrogens is 481 g/mol. The van der Waals surface area contributed by atoms with Crippen molar-refractivity contribution in [2.75, 3.05) is 22.6 Å². The van der Waals surface area contributed by atoms with Crippen LogP contribution in [0.3, 0.4) is 0 Å². The van der Waals surface area contributed by atoms with Gasteiger partial charge in [0.25, 0.3) is 0 Å². The molecule has 184 valence electrons. The van der Waals surface area contributed by atoms with Crippen molar-refractivity contribution in [3.63, 3.8) is 0 Å². The molecule has 3 rings (SSSR count). The molecule has 0 aliphatic carbocycles. The van der Waals surface area contributed by atoms with E-state index in [4.69, 9.17) is 0 Å². The summed E-state index contributed by atoms with van der Waals surface area (Å²) in [6, 6.07) is 10.2. The second-order valence-electron chi connectivity index (χ2n) is 8.14. The molecule has 3 aromatic rings. The summed E-state index contributed by atoms with van der Waals surface area (Å²) in [5, 5.41) is 5.11. The van der Waals surface area contributed by atoms with Gasteiger partial charge in [-0.1, -0.05) is 63.4 Å². The summed E-state index contributed by atoms with van der Waals surface area (Å²) in [6.45, 7) is 6.27. The van der Waals surface area contributed by atoms with E-state index in [9.17, 15) is 4.79 Å². The van der Waals surface area contributed by atoms with Crippen LogP contribution in [0, 0.1) is 6.92 Å². The number of anilines is 1. The number of thioether (sulfide) groups is 3. The third-order valence-corrected chi connectivity index (χ3v) is 8.07. The van der Waals surface area contributed by atoms with Crippen molar-refractivity contribution in [1.82, 2.24) is 15.0 Å². The minimum Gasteiger partial charge on any atom is -0.333 e. The number of pyridine rings is 1. The molecule has 34 heavy (non-hydrogen) atoms. The number of aryl methyl sites for hydroxylation is 1. The Labute approximate surface area is 216 Å². The summed E-state index contributed by atoms with van der Waals surface area (Å²) in [6.07, 6.45) is 7.43. The van der Waals surface area contributed by atoms with E-state index in [2.05, 4.69) is 46.2 Å². The second kappa shape index (κ2) is 14.7. The minimum atomic E-state index is 0.101. The highest BCUT2D eigenvalue weighted by Crippen LogP contribution is 2.35. The van der Waals surface area contributed by atoms with E-state index in [1.165, 1.54) is 25.7 Å². The first-order chi connectivity index (χ1) is 16.6. The Morgan fingerprint density at radius 1 is 0.941 bits per heavy atom. The molecule has 2 heterocycles. The van der Waals surface area contributed by atoms with Crippen molar-refractivity contribution in [1.29, 1.82) is 0 Å². The first-order valence-electron chi connectivity index (χ1n) is 12.2. The number of hydrogen-bond acceptors (Lipinski definition) is 6. The van der Waals surface area contributed by atoms with Crippen LogP contribution in [0.2, 0.25) is 0 Å². The van der Waals surface area contributed by atoms with Crippen LogP contribution in [0.15, 0.2) is 45.4 Å². The van der Waals surface area contributed by atoms with Gasteiger partial charge >= 0.3 is 0 Å². The molecule has 5 nitrogen and oxygen atoms in total. The molecule has 1 aromatic carbocycles. The van der Waals surface area contributed by atoms with Crippen LogP contribution in [0.5, 0.6) is 0 Å². The first-order valence-corrected chi connectivity index (χ1v) is 15.2. The van der Waals surface area contributed by atoms with E-state index >= 15 is 0 Å². The SMILES string of the molecule is CCSc1cc(C)nc(SCC)c1NC(=O)CCCCCCCCSc1nc2ccccc2[nH]1. The topological polar surface area (TPSA) is 70.7 Å². The zero-order valence-electron chi connectivity index (χ0n) is 20.5. The maximum Gasteiger partial charge on any atom is 0.224 e. The summed E-state index contributed by atoms with van der Waals surface area (Å²) in [5.74, 6) is 3.10. The summed E-state index contributed by atoms with van der Waals surface area (Å²) in [7, 11) is 0. The van der Waals surface area contributed by atoms with E-state index in [0.29, 0.717) is 6.42 Å². The van der Waals surface area contributed by atoms with Gasteiger partial charge in [0, 0.05) is 22.8 Å². The molecule has 0 saturated carbocycles. The Kier molecular flexibility index (Phi) is 11.6.